The summed E-state index contributed by atoms with van der Waals surface area (Å²) in [7, 11) is -3.83. The zero-order valence-electron chi connectivity index (χ0n) is 11.9. The summed E-state index contributed by atoms with van der Waals surface area (Å²) in [6.45, 7) is 2.37. The molecular formula is C14H18N4O2S. The summed E-state index contributed by atoms with van der Waals surface area (Å²) in [6.07, 6.45) is 2.78. The molecule has 0 spiro atoms. The van der Waals surface area contributed by atoms with Crippen LogP contribution in [0.4, 0.5) is 0 Å². The van der Waals surface area contributed by atoms with E-state index >= 15 is 0 Å². The average molecular weight is 306 g/mol. The maximum atomic E-state index is 11.6. The molecule has 0 saturated carbocycles. The molecule has 1 atom stereocenters. The van der Waals surface area contributed by atoms with Crippen LogP contribution in [0.15, 0.2) is 29.4 Å². The molecule has 0 fully saturated rings. The van der Waals surface area contributed by atoms with Crippen LogP contribution in [-0.4, -0.2) is 23.2 Å². The molecule has 1 aromatic carbocycles. The third-order valence-electron chi connectivity index (χ3n) is 4.03. The largest absolute Gasteiger partial charge is 0.301 e. The van der Waals surface area contributed by atoms with Crippen LogP contribution in [0.25, 0.3) is 0 Å². The van der Waals surface area contributed by atoms with Crippen molar-refractivity contribution >= 4 is 10.0 Å². The number of benzene rings is 1. The van der Waals surface area contributed by atoms with Gasteiger partial charge in [0.2, 0.25) is 0 Å². The van der Waals surface area contributed by atoms with Crippen LogP contribution in [0.3, 0.4) is 0 Å². The molecule has 6 nitrogen and oxygen atoms in total. The first-order chi connectivity index (χ1) is 10.0. The van der Waals surface area contributed by atoms with Crippen LogP contribution in [0.1, 0.15) is 36.2 Å². The number of nitrogens with two attached hydrogens (primary N) is 1. The van der Waals surface area contributed by atoms with Crippen molar-refractivity contribution in [3.63, 3.8) is 0 Å². The van der Waals surface area contributed by atoms with Crippen molar-refractivity contribution in [2.45, 2.75) is 43.8 Å². The molecule has 21 heavy (non-hydrogen) atoms. The molecule has 0 amide bonds. The summed E-state index contributed by atoms with van der Waals surface area (Å²) in [5.41, 5.74) is 2.67. The van der Waals surface area contributed by atoms with Gasteiger partial charge in [0.05, 0.1) is 0 Å². The molecular weight excluding hydrogens is 288 g/mol. The quantitative estimate of drug-likeness (QED) is 0.923. The Kier molecular flexibility index (Phi) is 3.54. The first kappa shape index (κ1) is 14.2. The molecule has 2 N–H and O–H groups in total. The van der Waals surface area contributed by atoms with Crippen molar-refractivity contribution in [1.82, 2.24) is 14.8 Å². The molecule has 0 radical (unpaired) electrons. The number of aromatic nitrogens is 3. The van der Waals surface area contributed by atoms with Gasteiger partial charge >= 0.3 is 0 Å². The molecule has 7 heteroatoms. The van der Waals surface area contributed by atoms with Crippen molar-refractivity contribution in [2.75, 3.05) is 0 Å². The van der Waals surface area contributed by atoms with E-state index in [1.54, 1.807) is 4.57 Å². The second-order valence-corrected chi connectivity index (χ2v) is 6.79. The summed E-state index contributed by atoms with van der Waals surface area (Å²) < 4.78 is 24.7. The van der Waals surface area contributed by atoms with Crippen molar-refractivity contribution < 1.29 is 8.42 Å². The third kappa shape index (κ3) is 2.58. The lowest BCUT2D eigenvalue weighted by molar-refractivity contribution is 0.506. The summed E-state index contributed by atoms with van der Waals surface area (Å²) in [6, 6.07) is 8.34. The van der Waals surface area contributed by atoms with Gasteiger partial charge in [0.15, 0.2) is 0 Å². The zero-order valence-corrected chi connectivity index (χ0v) is 12.7. The van der Waals surface area contributed by atoms with Crippen molar-refractivity contribution in [3.05, 3.63) is 41.2 Å². The third-order valence-corrected chi connectivity index (χ3v) is 4.84. The molecule has 1 aliphatic rings. The van der Waals surface area contributed by atoms with Crippen LogP contribution in [0.5, 0.6) is 0 Å². The van der Waals surface area contributed by atoms with E-state index in [9.17, 15) is 8.42 Å². The molecule has 3 rings (SSSR count). The van der Waals surface area contributed by atoms with Gasteiger partial charge in [-0.25, -0.2) is 13.6 Å². The lowest BCUT2D eigenvalue weighted by Gasteiger charge is -2.24. The number of primary sulfonamides is 1. The van der Waals surface area contributed by atoms with E-state index in [0.717, 1.165) is 25.1 Å². The molecule has 1 aromatic heterocycles. The molecule has 0 aliphatic heterocycles. The Morgan fingerprint density at radius 3 is 2.67 bits per heavy atom. The number of nitrogens with zero attached hydrogens (tertiary/aromatic N) is 3. The van der Waals surface area contributed by atoms with E-state index in [-0.39, 0.29) is 11.1 Å². The standard InChI is InChI=1S/C14H18N4O2S/c1-2-18-13(16-17-14(18)21(15,19)20)12-8-7-10-5-3-4-6-11(10)9-12/h3-6,12H,2,7-9H2,1H3,(H2,15,19,20). The number of fused-ring (bicyclic) bond motifs is 1. The van der Waals surface area contributed by atoms with Gasteiger partial charge in [-0.3, -0.25) is 0 Å². The summed E-state index contributed by atoms with van der Waals surface area (Å²) in [5, 5.41) is 13.0. The van der Waals surface area contributed by atoms with Crippen molar-refractivity contribution in [1.29, 1.82) is 0 Å². The number of hydrogen-bond donors (Lipinski definition) is 1. The molecule has 1 unspecified atom stereocenters. The van der Waals surface area contributed by atoms with Gasteiger partial charge < -0.3 is 4.57 Å². The van der Waals surface area contributed by atoms with E-state index in [0.29, 0.717) is 6.54 Å². The Morgan fingerprint density at radius 1 is 1.29 bits per heavy atom. The van der Waals surface area contributed by atoms with E-state index in [2.05, 4.69) is 22.3 Å². The number of sulfonamides is 1. The molecule has 0 bridgehead atoms. The highest BCUT2D eigenvalue weighted by molar-refractivity contribution is 7.89. The van der Waals surface area contributed by atoms with Crippen LogP contribution >= 0.6 is 0 Å². The minimum Gasteiger partial charge on any atom is -0.301 e. The lowest BCUT2D eigenvalue weighted by Crippen LogP contribution is -2.21. The average Bonchev–Trinajstić information content (AvgIpc) is 2.90. The lowest BCUT2D eigenvalue weighted by atomic mass is 9.83. The van der Waals surface area contributed by atoms with Gasteiger partial charge in [0, 0.05) is 12.5 Å². The molecule has 112 valence electrons. The Morgan fingerprint density at radius 2 is 2.00 bits per heavy atom. The van der Waals surface area contributed by atoms with Crippen molar-refractivity contribution in [3.8, 4) is 0 Å². The maximum Gasteiger partial charge on any atom is 0.273 e. The summed E-state index contributed by atoms with van der Waals surface area (Å²) in [4.78, 5) is 0. The van der Waals surface area contributed by atoms with Crippen LogP contribution in [0.2, 0.25) is 0 Å². The number of rotatable bonds is 3. The highest BCUT2D eigenvalue weighted by Crippen LogP contribution is 2.32. The SMILES string of the molecule is CCn1c(C2CCc3ccccc3C2)nnc1S(N)(=O)=O. The van der Waals surface area contributed by atoms with Gasteiger partial charge in [0.25, 0.3) is 15.2 Å². The monoisotopic (exact) mass is 306 g/mol. The Balaban J connectivity index is 1.98. The van der Waals surface area contributed by atoms with Crippen molar-refractivity contribution in [2.24, 2.45) is 5.14 Å². The van der Waals surface area contributed by atoms with Gasteiger partial charge in [0.1, 0.15) is 5.82 Å². The van der Waals surface area contributed by atoms with Crippen LogP contribution in [-0.2, 0) is 29.4 Å². The predicted octanol–water partition coefficient (Wildman–Crippen LogP) is 1.22. The Hall–Kier alpha value is -1.73. The number of aryl methyl sites for hydroxylation is 1. The van der Waals surface area contributed by atoms with Gasteiger partial charge in [-0.15, -0.1) is 10.2 Å². The first-order valence-corrected chi connectivity index (χ1v) is 8.58. The minimum atomic E-state index is -3.83. The van der Waals surface area contributed by atoms with Crippen LogP contribution < -0.4 is 5.14 Å². The molecule has 1 aliphatic carbocycles. The van der Waals surface area contributed by atoms with Gasteiger partial charge in [-0.2, -0.15) is 0 Å². The predicted molar refractivity (Wildman–Crippen MR) is 78.3 cm³/mol. The fourth-order valence-electron chi connectivity index (χ4n) is 3.03. The van der Waals surface area contributed by atoms with E-state index in [1.165, 1.54) is 11.1 Å². The number of hydrogen-bond acceptors (Lipinski definition) is 4. The zero-order chi connectivity index (χ0) is 15.0. The topological polar surface area (TPSA) is 90.9 Å². The first-order valence-electron chi connectivity index (χ1n) is 7.03. The fraction of sp³-hybridized carbons (Fsp3) is 0.429. The Labute approximate surface area is 124 Å². The maximum absolute atomic E-state index is 11.6. The van der Waals surface area contributed by atoms with E-state index < -0.39 is 10.0 Å². The van der Waals surface area contributed by atoms with Crippen LogP contribution in [0, 0.1) is 0 Å². The smallest absolute Gasteiger partial charge is 0.273 e. The summed E-state index contributed by atoms with van der Waals surface area (Å²) in [5.74, 6) is 0.902. The van der Waals surface area contributed by atoms with E-state index in [1.807, 2.05) is 19.1 Å². The highest BCUT2D eigenvalue weighted by atomic mass is 32.2. The second kappa shape index (κ2) is 5.23. The fourth-order valence-corrected chi connectivity index (χ4v) is 3.71. The van der Waals surface area contributed by atoms with E-state index in [4.69, 9.17) is 5.14 Å². The normalized spacial score (nSPS) is 18.5. The molecule has 2 aromatic rings. The highest BCUT2D eigenvalue weighted by Gasteiger charge is 2.28. The summed E-state index contributed by atoms with van der Waals surface area (Å²) >= 11 is 0. The molecule has 0 saturated heterocycles. The minimum absolute atomic E-state index is 0.140. The molecule has 1 heterocycles. The Bertz CT molecular complexity index is 767. The second-order valence-electron chi connectivity index (χ2n) is 5.34. The van der Waals surface area contributed by atoms with Gasteiger partial charge in [-0.1, -0.05) is 24.3 Å². The van der Waals surface area contributed by atoms with Gasteiger partial charge in [-0.05, 0) is 37.3 Å².